The topological polar surface area (TPSA) is 9.23 Å². The van der Waals surface area contributed by atoms with Gasteiger partial charge in [0.1, 0.15) is 0 Å². The first-order chi connectivity index (χ1) is 3.81. The molecule has 0 aliphatic rings. The summed E-state index contributed by atoms with van der Waals surface area (Å²) in [5.41, 5.74) is 0. The summed E-state index contributed by atoms with van der Waals surface area (Å²) in [7, 11) is 0. The number of hydrogen-bond acceptors (Lipinski definition) is 1. The molecular weight excluding hydrogens is 148 g/mol. The van der Waals surface area contributed by atoms with Crippen molar-refractivity contribution >= 4 is 34.9 Å². The molecular formula is C6H15ClMgO. The maximum absolute atomic E-state index is 5.03. The molecule has 0 spiro atoms. The van der Waals surface area contributed by atoms with Crippen molar-refractivity contribution in [1.29, 1.82) is 0 Å². The van der Waals surface area contributed by atoms with Crippen LogP contribution in [0.3, 0.4) is 0 Å². The molecule has 0 saturated carbocycles. The van der Waals surface area contributed by atoms with E-state index in [9.17, 15) is 0 Å². The molecule has 0 fully saturated rings. The van der Waals surface area contributed by atoms with Gasteiger partial charge in [-0.15, -0.1) is 0 Å². The second-order valence-corrected chi connectivity index (χ2v) is 2.39. The second-order valence-electron chi connectivity index (χ2n) is 2.17. The van der Waals surface area contributed by atoms with E-state index in [1.165, 1.54) is 12.8 Å². The third-order valence-electron chi connectivity index (χ3n) is 1.13. The summed E-state index contributed by atoms with van der Waals surface area (Å²) in [6.45, 7) is 4.96. The smallest absolute Gasteiger partial charge is 1.00 e. The quantitative estimate of drug-likeness (QED) is 0.578. The average Bonchev–Trinajstić information content (AvgIpc) is 1.68. The molecule has 0 aromatic carbocycles. The van der Waals surface area contributed by atoms with E-state index in [1.54, 1.807) is 0 Å². The van der Waals surface area contributed by atoms with Crippen molar-refractivity contribution in [3.05, 3.63) is 0 Å². The van der Waals surface area contributed by atoms with Crippen LogP contribution in [0.25, 0.3) is 0 Å². The van der Waals surface area contributed by atoms with Crippen LogP contribution in [-0.2, 0) is 4.29 Å². The van der Waals surface area contributed by atoms with Crippen molar-refractivity contribution < 1.29 is 7.14 Å². The Hall–Kier alpha value is 1.02. The van der Waals surface area contributed by atoms with Crippen molar-refractivity contribution in [2.75, 3.05) is 6.61 Å². The average molecular weight is 163 g/mol. The van der Waals surface area contributed by atoms with E-state index >= 15 is 0 Å². The van der Waals surface area contributed by atoms with Gasteiger partial charge in [0.15, 0.2) is 0 Å². The molecule has 0 aromatic heterocycles. The first kappa shape index (κ1) is 12.7. The van der Waals surface area contributed by atoms with E-state index in [2.05, 4.69) is 18.1 Å². The summed E-state index contributed by atoms with van der Waals surface area (Å²) in [4.78, 5) is 0. The van der Waals surface area contributed by atoms with Crippen LogP contribution >= 0.6 is 11.9 Å². The van der Waals surface area contributed by atoms with E-state index in [0.717, 1.165) is 0 Å². The summed E-state index contributed by atoms with van der Waals surface area (Å²) in [5, 5.41) is 0. The van der Waals surface area contributed by atoms with Gasteiger partial charge in [0.25, 0.3) is 0 Å². The Morgan fingerprint density at radius 1 is 1.67 bits per heavy atom. The molecule has 0 saturated heterocycles. The molecule has 0 radical (unpaired) electrons. The SMILES string of the molecule is CCCC(C)COCl.[H-].[H-].[Mg+2]. The van der Waals surface area contributed by atoms with Crippen LogP contribution < -0.4 is 0 Å². The molecule has 0 bridgehead atoms. The van der Waals surface area contributed by atoms with E-state index in [4.69, 9.17) is 11.9 Å². The Morgan fingerprint density at radius 3 is 2.56 bits per heavy atom. The van der Waals surface area contributed by atoms with E-state index in [1.807, 2.05) is 0 Å². The largest absolute Gasteiger partial charge is 2.00 e. The molecule has 1 atom stereocenters. The van der Waals surface area contributed by atoms with Gasteiger partial charge in [-0.3, -0.25) is 4.29 Å². The maximum Gasteiger partial charge on any atom is 2.00 e. The van der Waals surface area contributed by atoms with E-state index < -0.39 is 0 Å². The predicted molar refractivity (Wildman–Crippen MR) is 43.9 cm³/mol. The second kappa shape index (κ2) is 9.02. The van der Waals surface area contributed by atoms with Crippen LogP contribution in [0.2, 0.25) is 0 Å². The Balaban J connectivity index is -0.0000000817. The summed E-state index contributed by atoms with van der Waals surface area (Å²) >= 11 is 5.03. The Labute approximate surface area is 81.4 Å². The number of hydrogen-bond donors (Lipinski definition) is 0. The standard InChI is InChI=1S/C6H13ClO.Mg.2H/c1-3-4-6(2)5-8-7;;;/h6H,3-5H2,1-2H3;;;/q;+2;2*-1. The van der Waals surface area contributed by atoms with Gasteiger partial charge in [-0.25, -0.2) is 0 Å². The van der Waals surface area contributed by atoms with Crippen LogP contribution in [0.5, 0.6) is 0 Å². The van der Waals surface area contributed by atoms with Gasteiger partial charge in [0.05, 0.1) is 18.5 Å². The molecule has 0 heterocycles. The first-order valence-electron chi connectivity index (χ1n) is 3.04. The minimum atomic E-state index is 0. The van der Waals surface area contributed by atoms with Gasteiger partial charge in [-0.05, 0) is 12.3 Å². The van der Waals surface area contributed by atoms with Crippen LogP contribution in [0, 0.1) is 5.92 Å². The molecule has 0 aromatic rings. The molecule has 0 aliphatic carbocycles. The molecule has 1 nitrogen and oxygen atoms in total. The molecule has 0 N–H and O–H groups in total. The first-order valence-corrected chi connectivity index (χ1v) is 3.35. The van der Waals surface area contributed by atoms with E-state index in [-0.39, 0.29) is 25.9 Å². The zero-order valence-electron chi connectivity index (χ0n) is 8.19. The van der Waals surface area contributed by atoms with Gasteiger partial charge in [0, 0.05) is 0 Å². The van der Waals surface area contributed by atoms with Crippen molar-refractivity contribution in [2.24, 2.45) is 5.92 Å². The normalized spacial score (nSPS) is 12.3. The third kappa shape index (κ3) is 9.02. The summed E-state index contributed by atoms with van der Waals surface area (Å²) in [5.74, 6) is 0.609. The molecule has 9 heavy (non-hydrogen) atoms. The molecule has 0 rings (SSSR count). The molecule has 0 amide bonds. The monoisotopic (exact) mass is 162 g/mol. The van der Waals surface area contributed by atoms with Gasteiger partial charge in [-0.2, -0.15) is 0 Å². The molecule has 3 heteroatoms. The minimum Gasteiger partial charge on any atom is -1.00 e. The van der Waals surface area contributed by atoms with Crippen molar-refractivity contribution in [3.63, 3.8) is 0 Å². The zero-order valence-corrected chi connectivity index (χ0v) is 8.36. The number of halogens is 1. The fourth-order valence-corrected chi connectivity index (χ4v) is 0.899. The van der Waals surface area contributed by atoms with Crippen molar-refractivity contribution in [1.82, 2.24) is 0 Å². The molecule has 1 unspecified atom stereocenters. The van der Waals surface area contributed by atoms with Gasteiger partial charge < -0.3 is 2.85 Å². The Kier molecular flexibility index (Phi) is 12.7. The number of rotatable bonds is 4. The van der Waals surface area contributed by atoms with Crippen LogP contribution in [0.15, 0.2) is 0 Å². The van der Waals surface area contributed by atoms with Crippen LogP contribution in [-0.4, -0.2) is 29.7 Å². The van der Waals surface area contributed by atoms with Gasteiger partial charge >= 0.3 is 23.1 Å². The molecule has 0 aliphatic heterocycles. The van der Waals surface area contributed by atoms with Crippen LogP contribution in [0.4, 0.5) is 0 Å². The van der Waals surface area contributed by atoms with Gasteiger partial charge in [-0.1, -0.05) is 20.3 Å². The Morgan fingerprint density at radius 2 is 2.22 bits per heavy atom. The zero-order chi connectivity index (χ0) is 6.41. The van der Waals surface area contributed by atoms with Crippen LogP contribution in [0.1, 0.15) is 29.5 Å². The molecule has 54 valence electrons. The predicted octanol–water partition coefficient (Wildman–Crippen LogP) is 2.44. The van der Waals surface area contributed by atoms with E-state index in [0.29, 0.717) is 12.5 Å². The minimum absolute atomic E-state index is 0. The van der Waals surface area contributed by atoms with Gasteiger partial charge in [0.2, 0.25) is 0 Å². The summed E-state index contributed by atoms with van der Waals surface area (Å²) in [6, 6.07) is 0. The Bertz CT molecular complexity index is 53.8. The van der Waals surface area contributed by atoms with Crippen molar-refractivity contribution in [3.8, 4) is 0 Å². The third-order valence-corrected chi connectivity index (χ3v) is 1.25. The maximum atomic E-state index is 5.03. The van der Waals surface area contributed by atoms with Crippen molar-refractivity contribution in [2.45, 2.75) is 26.7 Å². The summed E-state index contributed by atoms with van der Waals surface area (Å²) < 4.78 is 4.43. The summed E-state index contributed by atoms with van der Waals surface area (Å²) in [6.07, 6.45) is 2.41. The fraction of sp³-hybridized carbons (Fsp3) is 1.00. The fourth-order valence-electron chi connectivity index (χ4n) is 0.684.